The lowest BCUT2D eigenvalue weighted by Gasteiger charge is -2.13. The largest absolute Gasteiger partial charge is 0.489 e. The lowest BCUT2D eigenvalue weighted by atomic mass is 10.1. The fraction of sp³-hybridized carbons (Fsp3) is 0.167. The summed E-state index contributed by atoms with van der Waals surface area (Å²) in [6, 6.07) is 20.8. The van der Waals surface area contributed by atoms with Gasteiger partial charge in [0.1, 0.15) is 24.7 Å². The highest BCUT2D eigenvalue weighted by atomic mass is 16.5. The van der Waals surface area contributed by atoms with E-state index in [0.717, 1.165) is 0 Å². The molecule has 2 aliphatic rings. The summed E-state index contributed by atoms with van der Waals surface area (Å²) < 4.78 is 17.1. The van der Waals surface area contributed by atoms with E-state index < -0.39 is 0 Å². The summed E-state index contributed by atoms with van der Waals surface area (Å²) in [7, 11) is 0. The zero-order chi connectivity index (χ0) is 21.5. The van der Waals surface area contributed by atoms with Crippen molar-refractivity contribution in [2.24, 2.45) is 0 Å². The van der Waals surface area contributed by atoms with Crippen LogP contribution in [0.15, 0.2) is 72.8 Å². The molecule has 2 heterocycles. The van der Waals surface area contributed by atoms with Crippen molar-refractivity contribution in [1.82, 2.24) is 0 Å². The van der Waals surface area contributed by atoms with Crippen molar-refractivity contribution >= 4 is 23.2 Å². The lowest BCUT2D eigenvalue weighted by Crippen LogP contribution is -2.15. The van der Waals surface area contributed by atoms with E-state index in [1.54, 1.807) is 48.5 Å². The molecule has 0 aliphatic carbocycles. The summed E-state index contributed by atoms with van der Waals surface area (Å²) >= 11 is 0. The molecule has 158 valence electrons. The number of ether oxygens (including phenoxy) is 3. The number of carbonyl (C=O) groups is 2. The highest BCUT2D eigenvalue weighted by Crippen LogP contribution is 2.26. The summed E-state index contributed by atoms with van der Waals surface area (Å²) in [5.74, 6) is 0.518. The molecule has 31 heavy (non-hydrogen) atoms. The fourth-order valence-corrected chi connectivity index (χ4v) is 3.08. The molecular weight excluding hydrogens is 396 g/mol. The molecule has 0 saturated heterocycles. The van der Waals surface area contributed by atoms with Crippen LogP contribution >= 0.6 is 0 Å². The van der Waals surface area contributed by atoms with Gasteiger partial charge < -0.3 is 24.8 Å². The first kappa shape index (κ1) is 20.4. The van der Waals surface area contributed by atoms with E-state index in [2.05, 4.69) is 10.6 Å². The van der Waals surface area contributed by atoms with Gasteiger partial charge in [0.05, 0.1) is 24.6 Å². The van der Waals surface area contributed by atoms with Gasteiger partial charge in [0.25, 0.3) is 11.8 Å². The number of hydrogen-bond donors (Lipinski definition) is 2. The van der Waals surface area contributed by atoms with Gasteiger partial charge in [-0.05, 0) is 48.5 Å². The summed E-state index contributed by atoms with van der Waals surface area (Å²) in [6.07, 6.45) is 0. The minimum Gasteiger partial charge on any atom is -0.489 e. The van der Waals surface area contributed by atoms with Crippen molar-refractivity contribution in [3.63, 3.8) is 0 Å². The molecule has 0 atom stereocenters. The highest BCUT2D eigenvalue weighted by molar-refractivity contribution is 6.07. The number of nitrogens with one attached hydrogen (secondary N) is 2. The van der Waals surface area contributed by atoms with Crippen LogP contribution < -0.4 is 20.1 Å². The normalized spacial score (nSPS) is 15.0. The van der Waals surface area contributed by atoms with Crippen LogP contribution in [0.1, 0.15) is 20.7 Å². The second-order valence-electron chi connectivity index (χ2n) is 6.79. The average Bonchev–Trinajstić information content (AvgIpc) is 2.80. The van der Waals surface area contributed by atoms with Crippen LogP contribution in [0.3, 0.4) is 0 Å². The molecule has 7 heteroatoms. The molecule has 7 nitrogen and oxygen atoms in total. The summed E-state index contributed by atoms with van der Waals surface area (Å²) in [5, 5.41) is 5.70. The van der Waals surface area contributed by atoms with Crippen LogP contribution in [0.2, 0.25) is 0 Å². The topological polar surface area (TPSA) is 85.9 Å². The number of carbonyl (C=O) groups excluding carboxylic acids is 2. The Kier molecular flexibility index (Phi) is 6.44. The number of amides is 2. The van der Waals surface area contributed by atoms with E-state index in [4.69, 9.17) is 14.2 Å². The molecule has 3 aromatic rings. The standard InChI is InChI=1S/C24H22N2O5/c27-23-17-9-11-18(12-10-17)24(28)26-20-6-2-4-8-22(20)31-16-14-29-13-15-30-21-7-3-1-5-19(21)25-23/h1-12H,13-16H2,(H,25,27)(H,26,28). The summed E-state index contributed by atoms with van der Waals surface area (Å²) in [5.41, 5.74) is 1.98. The molecule has 2 aliphatic heterocycles. The molecule has 0 aromatic heterocycles. The van der Waals surface area contributed by atoms with Crippen LogP contribution in [0, 0.1) is 0 Å². The Labute approximate surface area is 179 Å². The van der Waals surface area contributed by atoms with Gasteiger partial charge in [-0.3, -0.25) is 9.59 Å². The Morgan fingerprint density at radius 1 is 0.548 bits per heavy atom. The molecule has 0 spiro atoms. The molecule has 3 aromatic carbocycles. The first-order valence-electron chi connectivity index (χ1n) is 9.95. The van der Waals surface area contributed by atoms with E-state index in [-0.39, 0.29) is 11.8 Å². The van der Waals surface area contributed by atoms with Crippen molar-refractivity contribution in [3.05, 3.63) is 83.9 Å². The van der Waals surface area contributed by atoms with Crippen LogP contribution in [-0.2, 0) is 4.74 Å². The summed E-state index contributed by atoms with van der Waals surface area (Å²) in [6.45, 7) is 1.39. The Morgan fingerprint density at radius 3 is 1.42 bits per heavy atom. The van der Waals surface area contributed by atoms with E-state index >= 15 is 0 Å². The number of fused-ring (bicyclic) bond motifs is 10. The van der Waals surface area contributed by atoms with Gasteiger partial charge in [0.2, 0.25) is 0 Å². The van der Waals surface area contributed by atoms with Crippen LogP contribution in [0.5, 0.6) is 11.5 Å². The predicted molar refractivity (Wildman–Crippen MR) is 117 cm³/mol. The van der Waals surface area contributed by atoms with Gasteiger partial charge in [-0.2, -0.15) is 0 Å². The van der Waals surface area contributed by atoms with Crippen LogP contribution in [-0.4, -0.2) is 38.2 Å². The maximum absolute atomic E-state index is 12.7. The van der Waals surface area contributed by atoms with Gasteiger partial charge in [-0.25, -0.2) is 0 Å². The maximum Gasteiger partial charge on any atom is 0.255 e. The van der Waals surface area contributed by atoms with E-state index in [0.29, 0.717) is 60.4 Å². The molecule has 0 saturated carbocycles. The van der Waals surface area contributed by atoms with Crippen LogP contribution in [0.25, 0.3) is 0 Å². The SMILES string of the molecule is O=C1Nc2ccccc2OCCOCCOc2ccccc2NC(=O)c2ccc1cc2. The Hall–Kier alpha value is -3.84. The van der Waals surface area contributed by atoms with E-state index in [9.17, 15) is 9.59 Å². The van der Waals surface area contributed by atoms with Gasteiger partial charge in [0, 0.05) is 11.1 Å². The third-order valence-electron chi connectivity index (χ3n) is 4.65. The molecular formula is C24H22N2O5. The van der Waals surface area contributed by atoms with Crippen molar-refractivity contribution in [3.8, 4) is 11.5 Å². The number of hydrogen-bond acceptors (Lipinski definition) is 5. The Bertz CT molecular complexity index is 981. The summed E-state index contributed by atoms with van der Waals surface area (Å²) in [4.78, 5) is 25.3. The molecule has 0 fully saturated rings. The van der Waals surface area contributed by atoms with Gasteiger partial charge >= 0.3 is 0 Å². The third kappa shape index (κ3) is 5.21. The minimum absolute atomic E-state index is 0.295. The quantitative estimate of drug-likeness (QED) is 0.540. The molecule has 2 bridgehead atoms. The Morgan fingerprint density at radius 2 is 0.968 bits per heavy atom. The monoisotopic (exact) mass is 418 g/mol. The second kappa shape index (κ2) is 9.77. The number of para-hydroxylation sites is 4. The van der Waals surface area contributed by atoms with Gasteiger partial charge in [-0.15, -0.1) is 0 Å². The fourth-order valence-electron chi connectivity index (χ4n) is 3.08. The van der Waals surface area contributed by atoms with Gasteiger partial charge in [-0.1, -0.05) is 24.3 Å². The molecule has 2 amide bonds. The second-order valence-corrected chi connectivity index (χ2v) is 6.79. The van der Waals surface area contributed by atoms with Crippen molar-refractivity contribution in [2.45, 2.75) is 0 Å². The predicted octanol–water partition coefficient (Wildman–Crippen LogP) is 3.98. The zero-order valence-electron chi connectivity index (χ0n) is 16.8. The first-order chi connectivity index (χ1) is 15.2. The molecule has 5 rings (SSSR count). The molecule has 2 N–H and O–H groups in total. The van der Waals surface area contributed by atoms with Gasteiger partial charge in [0.15, 0.2) is 0 Å². The number of anilines is 2. The number of benzene rings is 3. The van der Waals surface area contributed by atoms with Crippen molar-refractivity contribution in [1.29, 1.82) is 0 Å². The first-order valence-corrected chi connectivity index (χ1v) is 9.95. The number of rotatable bonds is 0. The van der Waals surface area contributed by atoms with E-state index in [1.165, 1.54) is 0 Å². The van der Waals surface area contributed by atoms with Crippen LogP contribution in [0.4, 0.5) is 11.4 Å². The van der Waals surface area contributed by atoms with Crippen molar-refractivity contribution in [2.75, 3.05) is 37.1 Å². The Balaban J connectivity index is 1.58. The average molecular weight is 418 g/mol. The minimum atomic E-state index is -0.295. The maximum atomic E-state index is 12.7. The third-order valence-corrected chi connectivity index (χ3v) is 4.65. The lowest BCUT2D eigenvalue weighted by molar-refractivity contribution is 0.0767. The van der Waals surface area contributed by atoms with E-state index in [1.807, 2.05) is 24.3 Å². The zero-order valence-corrected chi connectivity index (χ0v) is 16.8. The molecule has 0 radical (unpaired) electrons. The molecule has 0 unspecified atom stereocenters. The highest BCUT2D eigenvalue weighted by Gasteiger charge is 2.13. The smallest absolute Gasteiger partial charge is 0.255 e. The van der Waals surface area contributed by atoms with Crippen molar-refractivity contribution < 1.29 is 23.8 Å².